The van der Waals surface area contributed by atoms with Gasteiger partial charge >= 0.3 is 0 Å². The number of rotatable bonds is 3. The minimum Gasteiger partial charge on any atom is -0.487 e. The fraction of sp³-hybridized carbons (Fsp3) is 0.240. The number of ether oxygens (including phenoxy) is 1. The van der Waals surface area contributed by atoms with Gasteiger partial charge in [-0.1, -0.05) is 12.1 Å². The third-order valence-electron chi connectivity index (χ3n) is 6.15. The highest BCUT2D eigenvalue weighted by Gasteiger charge is 2.50. The van der Waals surface area contributed by atoms with Crippen LogP contribution in [0, 0.1) is 11.8 Å². The Morgan fingerprint density at radius 2 is 1.79 bits per heavy atom. The van der Waals surface area contributed by atoms with E-state index in [4.69, 9.17) is 10.5 Å². The van der Waals surface area contributed by atoms with E-state index in [-0.39, 0.29) is 28.6 Å². The van der Waals surface area contributed by atoms with Crippen LogP contribution in [0.5, 0.6) is 5.75 Å². The number of aliphatic imine (C=N–C) groups is 1. The van der Waals surface area contributed by atoms with Crippen LogP contribution in [0.2, 0.25) is 0 Å². The molecule has 0 fully saturated rings. The predicted molar refractivity (Wildman–Crippen MR) is 120 cm³/mol. The molecule has 2 aliphatic heterocycles. The summed E-state index contributed by atoms with van der Waals surface area (Å²) in [5.41, 5.74) is 6.02. The van der Waals surface area contributed by atoms with E-state index < -0.39 is 17.3 Å². The van der Waals surface area contributed by atoms with E-state index >= 15 is 0 Å². The maximum Gasteiger partial charge on any atom is 0.266 e. The molecule has 0 radical (unpaired) electrons. The number of carbonyl (C=O) groups is 1. The Bertz CT molecular complexity index is 1340. The molecule has 8 heteroatoms. The zero-order valence-corrected chi connectivity index (χ0v) is 18.4. The van der Waals surface area contributed by atoms with Gasteiger partial charge in [-0.25, -0.2) is 14.4 Å². The molecule has 1 unspecified atom stereocenters. The fourth-order valence-corrected chi connectivity index (χ4v) is 4.56. The molecule has 0 aliphatic carbocycles. The summed E-state index contributed by atoms with van der Waals surface area (Å²) in [6.07, 6.45) is 1.95. The summed E-state index contributed by atoms with van der Waals surface area (Å²) < 4.78 is 35.2. The first-order chi connectivity index (χ1) is 15.6. The molecule has 3 heterocycles. The largest absolute Gasteiger partial charge is 0.487 e. The number of guanidine groups is 1. The summed E-state index contributed by atoms with van der Waals surface area (Å²) in [5, 5.41) is 0. The molecule has 1 amide bonds. The molecule has 5 rings (SSSR count). The van der Waals surface area contributed by atoms with Crippen molar-refractivity contribution in [3.8, 4) is 16.9 Å². The van der Waals surface area contributed by atoms with Gasteiger partial charge in [0.05, 0.1) is 0 Å². The van der Waals surface area contributed by atoms with Gasteiger partial charge in [-0.2, -0.15) is 4.39 Å². The summed E-state index contributed by atoms with van der Waals surface area (Å²) >= 11 is 0. The molecule has 2 aliphatic rings. The van der Waals surface area contributed by atoms with Gasteiger partial charge in [-0.15, -0.1) is 0 Å². The number of halogens is 2. The number of amides is 1. The van der Waals surface area contributed by atoms with E-state index in [2.05, 4.69) is 9.98 Å². The minimum atomic E-state index is -1.54. The second-order valence-electron chi connectivity index (χ2n) is 8.94. The van der Waals surface area contributed by atoms with Crippen LogP contribution < -0.4 is 10.5 Å². The van der Waals surface area contributed by atoms with E-state index in [9.17, 15) is 13.6 Å². The molecule has 1 atom stereocenters. The van der Waals surface area contributed by atoms with Crippen molar-refractivity contribution in [2.45, 2.75) is 31.4 Å². The van der Waals surface area contributed by atoms with Gasteiger partial charge in [0.15, 0.2) is 11.5 Å². The summed E-state index contributed by atoms with van der Waals surface area (Å²) in [5.74, 6) is -1.05. The summed E-state index contributed by atoms with van der Waals surface area (Å²) in [6.45, 7) is 3.98. The maximum absolute atomic E-state index is 14.8. The summed E-state index contributed by atoms with van der Waals surface area (Å²) in [4.78, 5) is 23.0. The Hall–Kier alpha value is -3.81. The second-order valence-corrected chi connectivity index (χ2v) is 8.94. The number of nitrogens with two attached hydrogens (primary N) is 1. The standard InChI is InChI=1S/C25H22F2N4O2/c1-24(2)13-14-11-15(7-9-20(14)33-24)25(22(32)31(3)23(28)30-25)16-6-8-19(26)18(12-16)17-5-4-10-29-21(17)27/h4-12H,13H2,1-3H3,(H2,28,30). The third kappa shape index (κ3) is 3.16. The van der Waals surface area contributed by atoms with Crippen molar-refractivity contribution < 1.29 is 18.3 Å². The third-order valence-corrected chi connectivity index (χ3v) is 6.15. The normalized spacial score (nSPS) is 21.1. The first-order valence-electron chi connectivity index (χ1n) is 10.5. The Morgan fingerprint density at radius 3 is 2.48 bits per heavy atom. The van der Waals surface area contributed by atoms with Crippen LogP contribution in [0.3, 0.4) is 0 Å². The predicted octanol–water partition coefficient (Wildman–Crippen LogP) is 3.77. The van der Waals surface area contributed by atoms with Gasteiger partial charge < -0.3 is 10.5 Å². The lowest BCUT2D eigenvalue weighted by Crippen LogP contribution is -2.41. The smallest absolute Gasteiger partial charge is 0.266 e. The fourth-order valence-electron chi connectivity index (χ4n) is 4.56. The molecule has 0 saturated heterocycles. The van der Waals surface area contributed by atoms with Crippen LogP contribution in [-0.4, -0.2) is 34.4 Å². The maximum atomic E-state index is 14.8. The number of benzene rings is 2. The highest BCUT2D eigenvalue weighted by atomic mass is 19.1. The zero-order chi connectivity index (χ0) is 23.5. The average Bonchev–Trinajstić information content (AvgIpc) is 3.21. The van der Waals surface area contributed by atoms with E-state index in [1.807, 2.05) is 26.0 Å². The number of aromatic nitrogens is 1. The lowest BCUT2D eigenvalue weighted by molar-refractivity contribution is -0.129. The highest BCUT2D eigenvalue weighted by Crippen LogP contribution is 2.44. The number of nitrogens with zero attached hydrogens (tertiary/aromatic N) is 3. The Kier molecular flexibility index (Phi) is 4.53. The van der Waals surface area contributed by atoms with Gasteiger partial charge in [0.1, 0.15) is 17.2 Å². The van der Waals surface area contributed by atoms with Crippen LogP contribution in [0.1, 0.15) is 30.5 Å². The Balaban J connectivity index is 1.73. The zero-order valence-electron chi connectivity index (χ0n) is 18.4. The Morgan fingerprint density at radius 1 is 1.06 bits per heavy atom. The number of hydrogen-bond donors (Lipinski definition) is 1. The number of fused-ring (bicyclic) bond motifs is 1. The highest BCUT2D eigenvalue weighted by molar-refractivity contribution is 6.09. The van der Waals surface area contributed by atoms with Crippen LogP contribution in [0.4, 0.5) is 8.78 Å². The molecule has 1 aromatic heterocycles. The molecule has 2 N–H and O–H groups in total. The van der Waals surface area contributed by atoms with Crippen molar-refractivity contribution in [2.24, 2.45) is 10.7 Å². The van der Waals surface area contributed by atoms with Gasteiger partial charge in [0.25, 0.3) is 5.91 Å². The SMILES string of the molecule is CN1C(=O)C(c2ccc3c(c2)CC(C)(C)O3)(c2ccc(F)c(-c3cccnc3F)c2)N=C1N. The van der Waals surface area contributed by atoms with E-state index in [0.717, 1.165) is 11.3 Å². The quantitative estimate of drug-likeness (QED) is 0.619. The molecule has 0 saturated carbocycles. The minimum absolute atomic E-state index is 0.00754. The number of pyridine rings is 1. The number of carbonyl (C=O) groups excluding carboxylic acids is 1. The molecule has 2 aromatic carbocycles. The van der Waals surface area contributed by atoms with Crippen molar-refractivity contribution in [1.82, 2.24) is 9.88 Å². The van der Waals surface area contributed by atoms with Crippen molar-refractivity contribution in [3.63, 3.8) is 0 Å². The average molecular weight is 448 g/mol. The summed E-state index contributed by atoms with van der Waals surface area (Å²) in [7, 11) is 1.54. The Labute approximate surface area is 189 Å². The van der Waals surface area contributed by atoms with Crippen molar-refractivity contribution in [2.75, 3.05) is 7.05 Å². The van der Waals surface area contributed by atoms with Crippen LogP contribution in [0.25, 0.3) is 11.1 Å². The molecule has 3 aromatic rings. The van der Waals surface area contributed by atoms with Gasteiger partial charge in [0, 0.05) is 30.8 Å². The van der Waals surface area contributed by atoms with E-state index in [1.165, 1.54) is 48.5 Å². The molecular weight excluding hydrogens is 426 g/mol. The van der Waals surface area contributed by atoms with Crippen LogP contribution in [-0.2, 0) is 16.8 Å². The first kappa shape index (κ1) is 21.1. The molecular formula is C25H22F2N4O2. The second kappa shape index (κ2) is 7.10. The lowest BCUT2D eigenvalue weighted by Gasteiger charge is -2.27. The van der Waals surface area contributed by atoms with E-state index in [1.54, 1.807) is 6.07 Å². The van der Waals surface area contributed by atoms with E-state index in [0.29, 0.717) is 17.5 Å². The monoisotopic (exact) mass is 448 g/mol. The topological polar surface area (TPSA) is 80.8 Å². The van der Waals surface area contributed by atoms with Crippen molar-refractivity contribution in [1.29, 1.82) is 0 Å². The summed E-state index contributed by atoms with van der Waals surface area (Å²) in [6, 6.07) is 12.5. The molecule has 0 spiro atoms. The molecule has 168 valence electrons. The lowest BCUT2D eigenvalue weighted by atomic mass is 9.80. The number of hydrogen-bond acceptors (Lipinski definition) is 5. The molecule has 0 bridgehead atoms. The van der Waals surface area contributed by atoms with Crippen molar-refractivity contribution in [3.05, 3.63) is 83.2 Å². The first-order valence-corrected chi connectivity index (χ1v) is 10.5. The van der Waals surface area contributed by atoms with Gasteiger partial charge in [0.2, 0.25) is 5.95 Å². The van der Waals surface area contributed by atoms with Gasteiger partial charge in [-0.3, -0.25) is 9.69 Å². The number of likely N-dealkylation sites (N-methyl/N-ethyl adjacent to an activating group) is 1. The van der Waals surface area contributed by atoms with Crippen LogP contribution >= 0.6 is 0 Å². The molecule has 33 heavy (non-hydrogen) atoms. The van der Waals surface area contributed by atoms with Crippen LogP contribution in [0.15, 0.2) is 59.7 Å². The van der Waals surface area contributed by atoms with Gasteiger partial charge in [-0.05, 0) is 66.9 Å². The van der Waals surface area contributed by atoms with Crippen molar-refractivity contribution >= 4 is 11.9 Å². The molecule has 6 nitrogen and oxygen atoms in total.